The van der Waals surface area contributed by atoms with E-state index in [4.69, 9.17) is 9.15 Å². The molecule has 1 aliphatic heterocycles. The molecule has 6 nitrogen and oxygen atoms in total. The molecule has 138 valence electrons. The van der Waals surface area contributed by atoms with Crippen LogP contribution in [0.25, 0.3) is 11.0 Å². The second-order valence-electron chi connectivity index (χ2n) is 5.44. The molecule has 1 aliphatic rings. The predicted molar refractivity (Wildman–Crippen MR) is 87.2 cm³/mol. The number of alkyl halides is 3. The van der Waals surface area contributed by atoms with Gasteiger partial charge in [0.2, 0.25) is 5.91 Å². The molecular weight excluding hydrogens is 375 g/mol. The standard InChI is InChI=1S/C16H12F3NO5S/c17-16(18,19)11-7-14(22)25-12-6-9(2-3-10(11)12)24-5-1-4-20-13(21)8-26-15(20)23/h2-3,6-7H,1,4-5,8H2. The summed E-state index contributed by atoms with van der Waals surface area (Å²) in [5, 5.41) is -0.545. The van der Waals surface area contributed by atoms with Crippen LogP contribution in [0.3, 0.4) is 0 Å². The van der Waals surface area contributed by atoms with Gasteiger partial charge in [-0.1, -0.05) is 11.8 Å². The Hall–Kier alpha value is -2.49. The molecule has 0 atom stereocenters. The normalized spacial score (nSPS) is 15.1. The summed E-state index contributed by atoms with van der Waals surface area (Å²) in [6, 6.07) is 4.11. The minimum absolute atomic E-state index is 0.130. The van der Waals surface area contributed by atoms with E-state index in [1.807, 2.05) is 0 Å². The van der Waals surface area contributed by atoms with Crippen LogP contribution in [0.2, 0.25) is 0 Å². The number of ether oxygens (including phenoxy) is 1. The number of thioether (sulfide) groups is 1. The Balaban J connectivity index is 1.69. The highest BCUT2D eigenvalue weighted by molar-refractivity contribution is 8.14. The Morgan fingerprint density at radius 3 is 2.62 bits per heavy atom. The maximum atomic E-state index is 13.0. The number of amides is 2. The molecule has 1 saturated heterocycles. The molecule has 3 rings (SSSR count). The third kappa shape index (κ3) is 3.85. The van der Waals surface area contributed by atoms with E-state index in [9.17, 15) is 27.6 Å². The fourth-order valence-corrected chi connectivity index (χ4v) is 3.23. The lowest BCUT2D eigenvalue weighted by atomic mass is 10.1. The van der Waals surface area contributed by atoms with Crippen molar-refractivity contribution in [3.05, 3.63) is 40.2 Å². The maximum absolute atomic E-state index is 13.0. The molecule has 0 aliphatic carbocycles. The molecule has 0 saturated carbocycles. The average molecular weight is 387 g/mol. The molecule has 0 N–H and O–H groups in total. The van der Waals surface area contributed by atoms with Gasteiger partial charge in [-0.2, -0.15) is 13.2 Å². The van der Waals surface area contributed by atoms with Crippen molar-refractivity contribution in [3.8, 4) is 5.75 Å². The Kier molecular flexibility index (Phi) is 4.94. The summed E-state index contributed by atoms with van der Waals surface area (Å²) in [6.45, 7) is 0.335. The molecule has 0 unspecified atom stereocenters. The first kappa shape index (κ1) is 18.3. The van der Waals surface area contributed by atoms with E-state index >= 15 is 0 Å². The first-order valence-electron chi connectivity index (χ1n) is 7.51. The topological polar surface area (TPSA) is 76.8 Å². The van der Waals surface area contributed by atoms with Crippen molar-refractivity contribution < 1.29 is 31.9 Å². The van der Waals surface area contributed by atoms with Crippen molar-refractivity contribution in [1.82, 2.24) is 4.90 Å². The van der Waals surface area contributed by atoms with Crippen molar-refractivity contribution in [3.63, 3.8) is 0 Å². The van der Waals surface area contributed by atoms with Gasteiger partial charge in [-0.05, 0) is 18.6 Å². The van der Waals surface area contributed by atoms with E-state index in [-0.39, 0.29) is 46.8 Å². The monoisotopic (exact) mass is 387 g/mol. The van der Waals surface area contributed by atoms with Gasteiger partial charge in [0.25, 0.3) is 5.24 Å². The number of benzene rings is 1. The molecule has 1 fully saturated rings. The lowest BCUT2D eigenvalue weighted by molar-refractivity contribution is -0.136. The van der Waals surface area contributed by atoms with Crippen LogP contribution in [0.1, 0.15) is 12.0 Å². The number of imide groups is 1. The van der Waals surface area contributed by atoms with Gasteiger partial charge >= 0.3 is 11.8 Å². The third-order valence-corrected chi connectivity index (χ3v) is 4.52. The van der Waals surface area contributed by atoms with Crippen molar-refractivity contribution in [2.45, 2.75) is 12.6 Å². The molecule has 1 aromatic heterocycles. The zero-order valence-electron chi connectivity index (χ0n) is 13.2. The van der Waals surface area contributed by atoms with Gasteiger partial charge < -0.3 is 9.15 Å². The second-order valence-corrected chi connectivity index (χ2v) is 6.36. The molecule has 2 aromatic rings. The highest BCUT2D eigenvalue weighted by Crippen LogP contribution is 2.34. The van der Waals surface area contributed by atoms with Gasteiger partial charge in [-0.3, -0.25) is 14.5 Å². The highest BCUT2D eigenvalue weighted by Gasteiger charge is 2.34. The lowest BCUT2D eigenvalue weighted by Gasteiger charge is -2.13. The van der Waals surface area contributed by atoms with Gasteiger partial charge in [-0.25, -0.2) is 4.79 Å². The molecule has 2 amide bonds. The lowest BCUT2D eigenvalue weighted by Crippen LogP contribution is -2.30. The highest BCUT2D eigenvalue weighted by atomic mass is 32.2. The maximum Gasteiger partial charge on any atom is 0.417 e. The van der Waals surface area contributed by atoms with Gasteiger partial charge in [-0.15, -0.1) is 0 Å². The van der Waals surface area contributed by atoms with Crippen LogP contribution in [0.15, 0.2) is 33.5 Å². The average Bonchev–Trinajstić information content (AvgIpc) is 2.88. The van der Waals surface area contributed by atoms with Crippen LogP contribution in [0, 0.1) is 0 Å². The third-order valence-electron chi connectivity index (χ3n) is 3.66. The Morgan fingerprint density at radius 2 is 1.96 bits per heavy atom. The minimum Gasteiger partial charge on any atom is -0.493 e. The molecule has 26 heavy (non-hydrogen) atoms. The van der Waals surface area contributed by atoms with Crippen molar-refractivity contribution in [2.75, 3.05) is 18.9 Å². The van der Waals surface area contributed by atoms with Crippen LogP contribution in [0.5, 0.6) is 5.75 Å². The second kappa shape index (κ2) is 7.02. The minimum atomic E-state index is -4.68. The molecule has 0 spiro atoms. The van der Waals surface area contributed by atoms with Crippen LogP contribution in [-0.4, -0.2) is 35.0 Å². The van der Waals surface area contributed by atoms with E-state index in [0.717, 1.165) is 16.7 Å². The smallest absolute Gasteiger partial charge is 0.417 e. The molecule has 10 heteroatoms. The fourth-order valence-electron chi connectivity index (χ4n) is 2.48. The zero-order chi connectivity index (χ0) is 18.9. The largest absolute Gasteiger partial charge is 0.493 e. The number of carbonyl (C=O) groups excluding carboxylic acids is 2. The van der Waals surface area contributed by atoms with Crippen LogP contribution >= 0.6 is 11.8 Å². The van der Waals surface area contributed by atoms with Gasteiger partial charge in [0.15, 0.2) is 0 Å². The summed E-state index contributed by atoms with van der Waals surface area (Å²) >= 11 is 0.937. The number of fused-ring (bicyclic) bond motifs is 1. The summed E-state index contributed by atoms with van der Waals surface area (Å²) in [5.41, 5.74) is -2.41. The Bertz CT molecular complexity index is 908. The summed E-state index contributed by atoms with van der Waals surface area (Å²) in [5.74, 6) is 0.0888. The summed E-state index contributed by atoms with van der Waals surface area (Å²) < 4.78 is 49.2. The van der Waals surface area contributed by atoms with E-state index in [1.165, 1.54) is 18.2 Å². The summed E-state index contributed by atoms with van der Waals surface area (Å²) in [6.07, 6.45) is -4.31. The van der Waals surface area contributed by atoms with Crippen LogP contribution in [0.4, 0.5) is 18.0 Å². The fraction of sp³-hybridized carbons (Fsp3) is 0.312. The van der Waals surface area contributed by atoms with E-state index in [2.05, 4.69) is 0 Å². The number of halogens is 3. The number of hydrogen-bond donors (Lipinski definition) is 0. The number of carbonyl (C=O) groups is 2. The van der Waals surface area contributed by atoms with E-state index in [0.29, 0.717) is 12.5 Å². The van der Waals surface area contributed by atoms with Gasteiger partial charge in [0.1, 0.15) is 11.3 Å². The molecule has 2 heterocycles. The zero-order valence-corrected chi connectivity index (χ0v) is 14.0. The van der Waals surface area contributed by atoms with Crippen molar-refractivity contribution in [1.29, 1.82) is 0 Å². The first-order valence-corrected chi connectivity index (χ1v) is 8.49. The van der Waals surface area contributed by atoms with Crippen LogP contribution < -0.4 is 10.4 Å². The van der Waals surface area contributed by atoms with Crippen molar-refractivity contribution in [2.24, 2.45) is 0 Å². The molecule has 0 bridgehead atoms. The molecular formula is C16H12F3NO5S. The van der Waals surface area contributed by atoms with Gasteiger partial charge in [0, 0.05) is 24.1 Å². The van der Waals surface area contributed by atoms with Gasteiger partial charge in [0.05, 0.1) is 17.9 Å². The number of rotatable bonds is 5. The van der Waals surface area contributed by atoms with Crippen LogP contribution in [-0.2, 0) is 11.0 Å². The Morgan fingerprint density at radius 1 is 1.19 bits per heavy atom. The Labute approximate surface area is 148 Å². The first-order chi connectivity index (χ1) is 12.3. The quantitative estimate of drug-likeness (QED) is 0.579. The van der Waals surface area contributed by atoms with E-state index in [1.54, 1.807) is 0 Å². The molecule has 0 radical (unpaired) electrons. The van der Waals surface area contributed by atoms with E-state index < -0.39 is 17.4 Å². The predicted octanol–water partition coefficient (Wildman–Crippen LogP) is 3.28. The number of nitrogens with zero attached hydrogens (tertiary/aromatic N) is 1. The summed E-state index contributed by atoms with van der Waals surface area (Å²) in [7, 11) is 0. The number of hydrogen-bond acceptors (Lipinski definition) is 6. The SMILES string of the molecule is O=C1CSC(=O)N1CCCOc1ccc2c(C(F)(F)F)cc(=O)oc2c1. The molecule has 1 aromatic carbocycles. The summed E-state index contributed by atoms with van der Waals surface area (Å²) in [4.78, 5) is 35.4. The van der Waals surface area contributed by atoms with Crippen molar-refractivity contribution >= 4 is 33.9 Å².